The van der Waals surface area contributed by atoms with Crippen molar-refractivity contribution < 1.29 is 26.8 Å². The van der Waals surface area contributed by atoms with Gasteiger partial charge in [0, 0.05) is 37.4 Å². The Morgan fingerprint density at radius 2 is 1.68 bits per heavy atom. The average Bonchev–Trinajstić information content (AvgIpc) is 3.35. The molecule has 8 nitrogen and oxygen atoms in total. The summed E-state index contributed by atoms with van der Waals surface area (Å²) in [6.07, 6.45) is 1.45. The van der Waals surface area contributed by atoms with E-state index in [9.17, 15) is 26.8 Å². The number of alkyl halides is 2. The summed E-state index contributed by atoms with van der Waals surface area (Å²) in [7, 11) is -1.93. The fraction of sp³-hybridized carbons (Fsp3) is 0.680. The summed E-state index contributed by atoms with van der Waals surface area (Å²) in [4.78, 5) is 31.6. The highest BCUT2D eigenvalue weighted by molar-refractivity contribution is 7.92. The van der Waals surface area contributed by atoms with Crippen molar-refractivity contribution in [2.45, 2.75) is 54.2 Å². The number of carbonyl (C=O) groups excluding carboxylic acids is 2. The van der Waals surface area contributed by atoms with Gasteiger partial charge in [0.05, 0.1) is 40.1 Å². The molecule has 5 rings (SSSR count). The van der Waals surface area contributed by atoms with Gasteiger partial charge in [-0.1, -0.05) is 11.6 Å². The highest BCUT2D eigenvalue weighted by Crippen LogP contribution is 2.44. The van der Waals surface area contributed by atoms with Crippen LogP contribution in [0.15, 0.2) is 23.1 Å². The Bertz CT molecular complexity index is 1190. The first-order chi connectivity index (χ1) is 17.3. The highest BCUT2D eigenvalue weighted by Gasteiger charge is 2.54. The van der Waals surface area contributed by atoms with Crippen molar-refractivity contribution in [3.63, 3.8) is 0 Å². The number of nitrogens with zero attached hydrogens (tertiary/aromatic N) is 3. The third-order valence-electron chi connectivity index (χ3n) is 8.28. The molecule has 1 aromatic carbocycles. The number of benzene rings is 1. The van der Waals surface area contributed by atoms with E-state index in [1.807, 2.05) is 14.0 Å². The molecule has 3 atom stereocenters. The van der Waals surface area contributed by atoms with Crippen LogP contribution in [-0.4, -0.2) is 93.1 Å². The number of anilines is 1. The van der Waals surface area contributed by atoms with Crippen LogP contribution in [0.2, 0.25) is 5.02 Å². The number of rotatable bonds is 6. The van der Waals surface area contributed by atoms with Crippen LogP contribution < -0.4 is 10.2 Å². The molecule has 1 N–H and O–H groups in total. The van der Waals surface area contributed by atoms with Crippen molar-refractivity contribution in [1.82, 2.24) is 15.1 Å². The van der Waals surface area contributed by atoms with E-state index in [1.165, 1.54) is 6.07 Å². The van der Waals surface area contributed by atoms with Crippen LogP contribution in [0.4, 0.5) is 14.5 Å². The fourth-order valence-electron chi connectivity index (χ4n) is 5.57. The zero-order valence-corrected chi connectivity index (χ0v) is 22.6. The maximum absolute atomic E-state index is 13.7. The maximum Gasteiger partial charge on any atom is 0.282 e. The van der Waals surface area contributed by atoms with Gasteiger partial charge in [0.2, 0.25) is 11.8 Å². The fourth-order valence-corrected chi connectivity index (χ4v) is 7.94. The molecule has 0 aromatic heterocycles. The first-order valence-electron chi connectivity index (χ1n) is 12.7. The van der Waals surface area contributed by atoms with E-state index >= 15 is 0 Å². The lowest BCUT2D eigenvalue weighted by Gasteiger charge is -2.40. The van der Waals surface area contributed by atoms with Crippen LogP contribution in [0.25, 0.3) is 0 Å². The number of likely N-dealkylation sites (tertiary alicyclic amines) is 1. The number of halogens is 3. The molecule has 204 valence electrons. The molecule has 1 aromatic rings. The Labute approximate surface area is 221 Å². The molecule has 2 aliphatic heterocycles. The number of piperazine rings is 1. The summed E-state index contributed by atoms with van der Waals surface area (Å²) >= 11 is 6.49. The molecule has 2 saturated heterocycles. The molecule has 0 spiro atoms. The van der Waals surface area contributed by atoms with E-state index in [-0.39, 0.29) is 34.2 Å². The van der Waals surface area contributed by atoms with Crippen molar-refractivity contribution in [1.29, 1.82) is 0 Å². The number of hydrogen-bond acceptors (Lipinski definition) is 6. The van der Waals surface area contributed by atoms with Gasteiger partial charge in [0.25, 0.3) is 5.92 Å². The van der Waals surface area contributed by atoms with E-state index in [0.717, 1.165) is 49.6 Å². The van der Waals surface area contributed by atoms with Gasteiger partial charge in [-0.15, -0.1) is 0 Å². The SMILES string of the molecule is CN1CCN(c2ccc(S(=O)(=O)C3CC(C(=O)NC4(C)CC4)C(C(=O)N4CC(F)(F)C4)C3)c(Cl)c2)CC1. The largest absolute Gasteiger partial charge is 0.369 e. The summed E-state index contributed by atoms with van der Waals surface area (Å²) in [5.74, 6) is -5.79. The molecule has 4 fully saturated rings. The Morgan fingerprint density at radius 3 is 2.24 bits per heavy atom. The molecule has 0 radical (unpaired) electrons. The maximum atomic E-state index is 13.7. The number of nitrogens with one attached hydrogen (secondary N) is 1. The van der Waals surface area contributed by atoms with E-state index in [1.54, 1.807) is 12.1 Å². The smallest absolute Gasteiger partial charge is 0.282 e. The predicted octanol–water partition coefficient (Wildman–Crippen LogP) is 2.41. The zero-order chi connectivity index (χ0) is 26.8. The van der Waals surface area contributed by atoms with Crippen LogP contribution in [0.1, 0.15) is 32.6 Å². The van der Waals surface area contributed by atoms with Gasteiger partial charge in [0.15, 0.2) is 9.84 Å². The molecule has 12 heteroatoms. The van der Waals surface area contributed by atoms with Crippen LogP contribution >= 0.6 is 11.6 Å². The van der Waals surface area contributed by atoms with E-state index < -0.39 is 51.8 Å². The van der Waals surface area contributed by atoms with E-state index in [2.05, 4.69) is 15.1 Å². The van der Waals surface area contributed by atoms with Gasteiger partial charge < -0.3 is 20.0 Å². The number of amides is 2. The molecule has 4 aliphatic rings. The zero-order valence-electron chi connectivity index (χ0n) is 21.1. The lowest BCUT2D eigenvalue weighted by Crippen LogP contribution is -2.60. The summed E-state index contributed by atoms with van der Waals surface area (Å²) in [6, 6.07) is 4.89. The minimum absolute atomic E-state index is 0.0334. The van der Waals surface area contributed by atoms with Gasteiger partial charge in [-0.2, -0.15) is 0 Å². The number of hydrogen-bond donors (Lipinski definition) is 1. The lowest BCUT2D eigenvalue weighted by molar-refractivity contribution is -0.171. The van der Waals surface area contributed by atoms with E-state index in [4.69, 9.17) is 11.6 Å². The van der Waals surface area contributed by atoms with Gasteiger partial charge in [-0.25, -0.2) is 17.2 Å². The molecule has 2 aliphatic carbocycles. The lowest BCUT2D eigenvalue weighted by atomic mass is 9.92. The van der Waals surface area contributed by atoms with Crippen molar-refractivity contribution in [3.8, 4) is 0 Å². The van der Waals surface area contributed by atoms with Gasteiger partial charge >= 0.3 is 0 Å². The number of likely N-dealkylation sites (N-methyl/N-ethyl adjacent to an activating group) is 1. The predicted molar refractivity (Wildman–Crippen MR) is 136 cm³/mol. The normalized spacial score (nSPS) is 29.1. The second kappa shape index (κ2) is 9.34. The Balaban J connectivity index is 1.36. The quantitative estimate of drug-likeness (QED) is 0.577. The molecule has 2 amide bonds. The Kier molecular flexibility index (Phi) is 6.72. The third-order valence-corrected chi connectivity index (χ3v) is 10.9. The first-order valence-corrected chi connectivity index (χ1v) is 14.7. The van der Waals surface area contributed by atoms with Crippen LogP contribution in [0.5, 0.6) is 0 Å². The van der Waals surface area contributed by atoms with E-state index in [0.29, 0.717) is 0 Å². The van der Waals surface area contributed by atoms with Crippen molar-refractivity contribution >= 4 is 38.9 Å². The second-order valence-corrected chi connectivity index (χ2v) is 14.0. The molecule has 3 unspecified atom stereocenters. The number of sulfone groups is 1. The summed E-state index contributed by atoms with van der Waals surface area (Å²) in [5, 5.41) is 2.01. The van der Waals surface area contributed by atoms with Crippen LogP contribution in [0, 0.1) is 11.8 Å². The Morgan fingerprint density at radius 1 is 1.05 bits per heavy atom. The second-order valence-electron chi connectivity index (χ2n) is 11.4. The van der Waals surface area contributed by atoms with Crippen molar-refractivity contribution in [2.75, 3.05) is 51.2 Å². The molecular weight excluding hydrogens is 526 g/mol. The van der Waals surface area contributed by atoms with Crippen LogP contribution in [-0.2, 0) is 19.4 Å². The van der Waals surface area contributed by atoms with Gasteiger partial charge in [-0.05, 0) is 57.9 Å². The summed E-state index contributed by atoms with van der Waals surface area (Å²) in [5.41, 5.74) is 0.485. The molecule has 2 saturated carbocycles. The van der Waals surface area contributed by atoms with Crippen molar-refractivity contribution in [2.24, 2.45) is 11.8 Å². The standard InChI is InChI=1S/C25H33ClF2N4O4S/c1-24(5-6-24)29-22(33)18-12-17(13-19(18)23(34)32-14-25(27,28)15-32)37(35,36)21-4-3-16(11-20(21)26)31-9-7-30(2)8-10-31/h3-4,11,17-19H,5-10,12-15H2,1-2H3,(H,29,33). The van der Waals surface area contributed by atoms with Gasteiger partial charge in [-0.3, -0.25) is 9.59 Å². The van der Waals surface area contributed by atoms with Gasteiger partial charge in [0.1, 0.15) is 0 Å². The minimum atomic E-state index is -3.98. The minimum Gasteiger partial charge on any atom is -0.369 e. The summed E-state index contributed by atoms with van der Waals surface area (Å²) in [6.45, 7) is 3.87. The highest BCUT2D eigenvalue weighted by atomic mass is 35.5. The topological polar surface area (TPSA) is 90.0 Å². The third kappa shape index (κ3) is 5.31. The average molecular weight is 559 g/mol. The molecular formula is C25H33ClF2N4O4S. The number of carbonyl (C=O) groups is 2. The summed E-state index contributed by atoms with van der Waals surface area (Å²) < 4.78 is 54.3. The molecule has 2 heterocycles. The van der Waals surface area contributed by atoms with Crippen molar-refractivity contribution in [3.05, 3.63) is 23.2 Å². The Hall–Kier alpha value is -1.98. The van der Waals surface area contributed by atoms with Crippen LogP contribution in [0.3, 0.4) is 0 Å². The first kappa shape index (κ1) is 26.6. The molecule has 37 heavy (non-hydrogen) atoms. The monoisotopic (exact) mass is 558 g/mol. The molecule has 0 bridgehead atoms.